The summed E-state index contributed by atoms with van der Waals surface area (Å²) in [5.74, 6) is 0.372. The summed E-state index contributed by atoms with van der Waals surface area (Å²) in [6.07, 6.45) is 0. The number of thiophene rings is 1. The van der Waals surface area contributed by atoms with Crippen LogP contribution >= 0.6 is 11.3 Å². The van der Waals surface area contributed by atoms with Crippen LogP contribution in [0, 0.1) is 0 Å². The van der Waals surface area contributed by atoms with E-state index < -0.39 is 0 Å². The maximum Gasteiger partial charge on any atom is 0.221 e. The van der Waals surface area contributed by atoms with Gasteiger partial charge in [0.1, 0.15) is 0 Å². The van der Waals surface area contributed by atoms with Gasteiger partial charge in [-0.1, -0.05) is 0 Å². The molecule has 0 aliphatic heterocycles. The van der Waals surface area contributed by atoms with Gasteiger partial charge in [-0.2, -0.15) is 5.21 Å². The molecule has 0 aromatic carbocycles. The van der Waals surface area contributed by atoms with Crippen LogP contribution in [0.1, 0.15) is 6.92 Å². The topological polar surface area (TPSA) is 83.6 Å². The highest BCUT2D eigenvalue weighted by Crippen LogP contribution is 2.30. The average Bonchev–Trinajstić information content (AvgIpc) is 2.70. The Balaban J connectivity index is 2.35. The second-order valence-electron chi connectivity index (χ2n) is 2.58. The molecular weight excluding hydrogens is 202 g/mol. The van der Waals surface area contributed by atoms with Crippen molar-refractivity contribution in [3.63, 3.8) is 0 Å². The van der Waals surface area contributed by atoms with Crippen molar-refractivity contribution < 1.29 is 4.79 Å². The Morgan fingerprint density at radius 2 is 2.50 bits per heavy atom. The van der Waals surface area contributed by atoms with Crippen LogP contribution in [0.2, 0.25) is 0 Å². The molecule has 7 heteroatoms. The molecule has 2 aromatic heterocycles. The van der Waals surface area contributed by atoms with Crippen LogP contribution in [0.15, 0.2) is 11.4 Å². The molecular formula is C7H7N5OS. The normalized spacial score (nSPS) is 10.1. The SMILES string of the molecule is CC(=O)Nc1ccsc1-c1nn[nH]n1. The fraction of sp³-hybridized carbons (Fsp3) is 0.143. The second kappa shape index (κ2) is 3.54. The van der Waals surface area contributed by atoms with E-state index in [4.69, 9.17) is 0 Å². The van der Waals surface area contributed by atoms with E-state index in [9.17, 15) is 4.79 Å². The van der Waals surface area contributed by atoms with Gasteiger partial charge in [0.25, 0.3) is 0 Å². The minimum Gasteiger partial charge on any atom is -0.325 e. The number of aromatic nitrogens is 4. The zero-order valence-electron chi connectivity index (χ0n) is 7.31. The molecule has 14 heavy (non-hydrogen) atoms. The van der Waals surface area contributed by atoms with Crippen molar-refractivity contribution in [3.05, 3.63) is 11.4 Å². The van der Waals surface area contributed by atoms with Crippen LogP contribution in [0.5, 0.6) is 0 Å². The van der Waals surface area contributed by atoms with Gasteiger partial charge in [0.15, 0.2) is 0 Å². The Morgan fingerprint density at radius 1 is 1.64 bits per heavy atom. The van der Waals surface area contributed by atoms with Gasteiger partial charge >= 0.3 is 0 Å². The molecule has 0 saturated heterocycles. The molecule has 2 N–H and O–H groups in total. The van der Waals surface area contributed by atoms with E-state index in [0.29, 0.717) is 11.5 Å². The lowest BCUT2D eigenvalue weighted by Crippen LogP contribution is -2.05. The van der Waals surface area contributed by atoms with E-state index in [-0.39, 0.29) is 5.91 Å². The molecule has 2 aromatic rings. The molecule has 0 saturated carbocycles. The number of amides is 1. The van der Waals surface area contributed by atoms with Crippen molar-refractivity contribution in [2.45, 2.75) is 6.92 Å². The van der Waals surface area contributed by atoms with Crippen molar-refractivity contribution in [2.75, 3.05) is 5.32 Å². The van der Waals surface area contributed by atoms with Crippen molar-refractivity contribution in [2.24, 2.45) is 0 Å². The van der Waals surface area contributed by atoms with Crippen LogP contribution in [-0.2, 0) is 4.79 Å². The lowest BCUT2D eigenvalue weighted by molar-refractivity contribution is -0.114. The Bertz CT molecular complexity index is 435. The maximum absolute atomic E-state index is 10.9. The Hall–Kier alpha value is -1.76. The average molecular weight is 209 g/mol. The van der Waals surface area contributed by atoms with Crippen LogP contribution in [0.25, 0.3) is 10.7 Å². The first-order valence-electron chi connectivity index (χ1n) is 3.86. The third kappa shape index (κ3) is 1.62. The number of nitrogens with one attached hydrogen (secondary N) is 2. The number of hydrogen-bond acceptors (Lipinski definition) is 5. The fourth-order valence-corrected chi connectivity index (χ4v) is 1.81. The molecule has 0 aliphatic carbocycles. The first-order chi connectivity index (χ1) is 6.77. The summed E-state index contributed by atoms with van der Waals surface area (Å²) in [5, 5.41) is 18.0. The predicted octanol–water partition coefficient (Wildman–Crippen LogP) is 0.887. The van der Waals surface area contributed by atoms with Gasteiger partial charge in [-0.15, -0.1) is 21.5 Å². The van der Waals surface area contributed by atoms with Crippen LogP contribution in [0.4, 0.5) is 5.69 Å². The number of hydrogen-bond donors (Lipinski definition) is 2. The number of aromatic amines is 1. The summed E-state index contributed by atoms with van der Waals surface area (Å²) < 4.78 is 0. The highest BCUT2D eigenvalue weighted by atomic mass is 32.1. The Kier molecular flexibility index (Phi) is 2.23. The van der Waals surface area contributed by atoms with Gasteiger partial charge in [0.2, 0.25) is 11.7 Å². The van der Waals surface area contributed by atoms with Gasteiger partial charge in [0, 0.05) is 6.92 Å². The summed E-state index contributed by atoms with van der Waals surface area (Å²) in [6.45, 7) is 1.46. The van der Waals surface area contributed by atoms with E-state index in [0.717, 1.165) is 4.88 Å². The summed E-state index contributed by atoms with van der Waals surface area (Å²) in [7, 11) is 0. The number of rotatable bonds is 2. The molecule has 0 radical (unpaired) electrons. The number of tetrazole rings is 1. The van der Waals surface area contributed by atoms with Crippen molar-refractivity contribution in [1.29, 1.82) is 0 Å². The Labute approximate surface area is 83.3 Å². The third-order valence-corrected chi connectivity index (χ3v) is 2.43. The minimum atomic E-state index is -0.117. The highest BCUT2D eigenvalue weighted by Gasteiger charge is 2.11. The number of anilines is 1. The third-order valence-electron chi connectivity index (χ3n) is 1.52. The number of carbonyl (C=O) groups excluding carboxylic acids is 1. The summed E-state index contributed by atoms with van der Waals surface area (Å²) in [6, 6.07) is 1.80. The monoisotopic (exact) mass is 209 g/mol. The van der Waals surface area contributed by atoms with E-state index in [1.54, 1.807) is 6.07 Å². The number of nitrogens with zero attached hydrogens (tertiary/aromatic N) is 3. The quantitative estimate of drug-likeness (QED) is 0.769. The number of carbonyl (C=O) groups is 1. The van der Waals surface area contributed by atoms with E-state index in [2.05, 4.69) is 25.9 Å². The smallest absolute Gasteiger partial charge is 0.221 e. The van der Waals surface area contributed by atoms with Crippen LogP contribution < -0.4 is 5.32 Å². The van der Waals surface area contributed by atoms with Crippen molar-refractivity contribution in [1.82, 2.24) is 20.6 Å². The van der Waals surface area contributed by atoms with E-state index in [1.165, 1.54) is 18.3 Å². The highest BCUT2D eigenvalue weighted by molar-refractivity contribution is 7.14. The number of H-pyrrole nitrogens is 1. The molecule has 2 heterocycles. The van der Waals surface area contributed by atoms with E-state index >= 15 is 0 Å². The molecule has 1 amide bonds. The summed E-state index contributed by atoms with van der Waals surface area (Å²) >= 11 is 1.45. The zero-order chi connectivity index (χ0) is 9.97. The first kappa shape index (κ1) is 8.82. The first-order valence-corrected chi connectivity index (χ1v) is 4.74. The molecule has 2 rings (SSSR count). The minimum absolute atomic E-state index is 0.117. The predicted molar refractivity (Wildman–Crippen MR) is 51.8 cm³/mol. The van der Waals surface area contributed by atoms with Crippen molar-refractivity contribution >= 4 is 22.9 Å². The lowest BCUT2D eigenvalue weighted by Gasteiger charge is -1.99. The maximum atomic E-state index is 10.9. The van der Waals surface area contributed by atoms with Gasteiger partial charge in [-0.3, -0.25) is 4.79 Å². The Morgan fingerprint density at radius 3 is 3.14 bits per heavy atom. The van der Waals surface area contributed by atoms with Crippen molar-refractivity contribution in [3.8, 4) is 10.7 Å². The van der Waals surface area contributed by atoms with Gasteiger partial charge in [-0.25, -0.2) is 0 Å². The standard InChI is InChI=1S/C7H7N5OS/c1-4(13)8-5-2-3-14-6(5)7-9-11-12-10-7/h2-3H,1H3,(H,8,13)(H,9,10,11,12). The molecule has 0 bridgehead atoms. The molecule has 0 fully saturated rings. The second-order valence-corrected chi connectivity index (χ2v) is 3.50. The van der Waals surface area contributed by atoms with Gasteiger partial charge in [-0.05, 0) is 16.7 Å². The molecule has 0 aliphatic rings. The van der Waals surface area contributed by atoms with Crippen LogP contribution in [-0.4, -0.2) is 26.5 Å². The zero-order valence-corrected chi connectivity index (χ0v) is 8.13. The van der Waals surface area contributed by atoms with E-state index in [1.807, 2.05) is 5.38 Å². The lowest BCUT2D eigenvalue weighted by atomic mass is 10.3. The summed E-state index contributed by atoms with van der Waals surface area (Å²) in [5.41, 5.74) is 0.712. The summed E-state index contributed by atoms with van der Waals surface area (Å²) in [4.78, 5) is 11.7. The van der Waals surface area contributed by atoms with Crippen LogP contribution in [0.3, 0.4) is 0 Å². The molecule has 72 valence electrons. The molecule has 6 nitrogen and oxygen atoms in total. The largest absolute Gasteiger partial charge is 0.325 e. The van der Waals surface area contributed by atoms with Gasteiger partial charge in [0.05, 0.1) is 10.6 Å². The van der Waals surface area contributed by atoms with Gasteiger partial charge < -0.3 is 5.32 Å². The molecule has 0 atom stereocenters. The molecule has 0 spiro atoms. The molecule has 0 unspecified atom stereocenters. The fourth-order valence-electron chi connectivity index (χ4n) is 1.03.